The zero-order chi connectivity index (χ0) is 69.6. The van der Waals surface area contributed by atoms with Gasteiger partial charge in [0.15, 0.2) is 12.2 Å². The number of esters is 4. The van der Waals surface area contributed by atoms with E-state index in [2.05, 4.69) is 55.4 Å². The first-order valence-electron chi connectivity index (χ1n) is 38.7. The Morgan fingerprint density at radius 1 is 0.298 bits per heavy atom. The maximum atomic E-state index is 13.0. The predicted octanol–water partition coefficient (Wildman–Crippen LogP) is 21.7. The molecule has 0 aliphatic heterocycles. The largest absolute Gasteiger partial charge is 0.472 e. The fourth-order valence-corrected chi connectivity index (χ4v) is 12.9. The van der Waals surface area contributed by atoms with Crippen LogP contribution in [0.25, 0.3) is 0 Å². The summed E-state index contributed by atoms with van der Waals surface area (Å²) < 4.78 is 68.4. The Morgan fingerprint density at radius 2 is 0.511 bits per heavy atom. The molecule has 3 unspecified atom stereocenters. The van der Waals surface area contributed by atoms with E-state index in [9.17, 15) is 43.2 Å². The third kappa shape index (κ3) is 67.3. The molecule has 0 fully saturated rings. The molecule has 0 bridgehead atoms. The van der Waals surface area contributed by atoms with Gasteiger partial charge in [-0.15, -0.1) is 0 Å². The van der Waals surface area contributed by atoms with E-state index >= 15 is 0 Å². The van der Waals surface area contributed by atoms with Crippen molar-refractivity contribution in [3.8, 4) is 0 Å². The van der Waals surface area contributed by atoms with Crippen LogP contribution in [-0.2, 0) is 65.4 Å². The van der Waals surface area contributed by atoms with Crippen molar-refractivity contribution in [1.29, 1.82) is 0 Å². The molecule has 0 aromatic carbocycles. The van der Waals surface area contributed by atoms with Crippen molar-refractivity contribution in [1.82, 2.24) is 0 Å². The number of hydrogen-bond acceptors (Lipinski definition) is 15. The molecule has 0 aliphatic rings. The lowest BCUT2D eigenvalue weighted by Gasteiger charge is -2.21. The topological polar surface area (TPSA) is 237 Å². The Kier molecular flexibility index (Phi) is 63.1. The Morgan fingerprint density at radius 3 is 0.755 bits per heavy atom. The molecular weight excluding hydrogens is 1230 g/mol. The highest BCUT2D eigenvalue weighted by atomic mass is 31.2. The van der Waals surface area contributed by atoms with Gasteiger partial charge in [-0.25, -0.2) is 9.13 Å². The van der Waals surface area contributed by atoms with Crippen LogP contribution in [0.5, 0.6) is 0 Å². The first-order chi connectivity index (χ1) is 45.1. The Bertz CT molecular complexity index is 1850. The highest BCUT2D eigenvalue weighted by molar-refractivity contribution is 7.47. The summed E-state index contributed by atoms with van der Waals surface area (Å²) in [4.78, 5) is 72.7. The summed E-state index contributed by atoms with van der Waals surface area (Å²) in [6.45, 7) is 14.1. The van der Waals surface area contributed by atoms with Gasteiger partial charge in [0, 0.05) is 25.7 Å². The molecule has 0 amide bonds. The number of carbonyl (C=O) groups is 4. The Hall–Kier alpha value is -1.94. The standard InChI is InChI=1S/C75H146O17P2/c1-9-68(8)54-46-38-32-34-40-48-56-73(78)86-62-71(92-75(80)58-50-42-30-26-22-18-14-16-20-24-28-36-44-52-66(4)5)64-90-94(83,84)88-60-69(76)59-87-93(81,82)89-63-70(61-85-72(77)55-47-39-33-31-37-45-53-67(6)7)91-74(79)57-49-41-29-25-21-17-13-11-10-12-15-19-23-27-35-43-51-65(2)3/h65-71,76H,9-64H2,1-8H3,(H,81,82)(H,83,84)/t68?,69-,70-,71-/m1/s1. The molecular formula is C75H146O17P2. The fourth-order valence-electron chi connectivity index (χ4n) is 11.3. The highest BCUT2D eigenvalue weighted by Crippen LogP contribution is 2.45. The number of unbranched alkanes of at least 4 members (excludes halogenated alkanes) is 37. The number of hydrogen-bond donors (Lipinski definition) is 3. The molecule has 3 N–H and O–H groups in total. The highest BCUT2D eigenvalue weighted by Gasteiger charge is 2.30. The first kappa shape index (κ1) is 92.1. The average molecular weight is 1380 g/mol. The summed E-state index contributed by atoms with van der Waals surface area (Å²) in [5.41, 5.74) is 0. The van der Waals surface area contributed by atoms with Crippen molar-refractivity contribution in [2.75, 3.05) is 39.6 Å². The molecule has 0 spiro atoms. The molecule has 17 nitrogen and oxygen atoms in total. The summed E-state index contributed by atoms with van der Waals surface area (Å²) in [7, 11) is -9.91. The summed E-state index contributed by atoms with van der Waals surface area (Å²) in [6, 6.07) is 0. The second kappa shape index (κ2) is 64.4. The first-order valence-corrected chi connectivity index (χ1v) is 41.7. The maximum Gasteiger partial charge on any atom is 0.472 e. The number of carbonyl (C=O) groups excluding carboxylic acids is 4. The molecule has 558 valence electrons. The van der Waals surface area contributed by atoms with Gasteiger partial charge < -0.3 is 33.8 Å². The van der Waals surface area contributed by atoms with Gasteiger partial charge in [0.05, 0.1) is 26.4 Å². The third-order valence-electron chi connectivity index (χ3n) is 17.7. The number of ether oxygens (including phenoxy) is 4. The van der Waals surface area contributed by atoms with Crippen molar-refractivity contribution in [2.24, 2.45) is 23.7 Å². The van der Waals surface area contributed by atoms with Crippen LogP contribution in [0.4, 0.5) is 0 Å². The van der Waals surface area contributed by atoms with Gasteiger partial charge >= 0.3 is 39.5 Å². The van der Waals surface area contributed by atoms with Crippen LogP contribution >= 0.6 is 15.6 Å². The van der Waals surface area contributed by atoms with Gasteiger partial charge in [0.2, 0.25) is 0 Å². The Balaban J connectivity index is 5.19. The molecule has 6 atom stereocenters. The van der Waals surface area contributed by atoms with Crippen LogP contribution in [0, 0.1) is 23.7 Å². The minimum Gasteiger partial charge on any atom is -0.462 e. The number of aliphatic hydroxyl groups excluding tert-OH is 1. The lowest BCUT2D eigenvalue weighted by Crippen LogP contribution is -2.30. The van der Waals surface area contributed by atoms with Crippen molar-refractivity contribution in [3.05, 3.63) is 0 Å². The van der Waals surface area contributed by atoms with Gasteiger partial charge in [-0.3, -0.25) is 37.3 Å². The average Bonchev–Trinajstić information content (AvgIpc) is 1.42. The molecule has 0 saturated carbocycles. The molecule has 0 heterocycles. The molecule has 0 aromatic rings. The molecule has 94 heavy (non-hydrogen) atoms. The van der Waals surface area contributed by atoms with Gasteiger partial charge in [-0.1, -0.05) is 325 Å². The molecule has 0 aliphatic carbocycles. The lowest BCUT2D eigenvalue weighted by atomic mass is 10.00. The monoisotopic (exact) mass is 1380 g/mol. The van der Waals surface area contributed by atoms with Crippen LogP contribution in [0.3, 0.4) is 0 Å². The van der Waals surface area contributed by atoms with Crippen molar-refractivity contribution >= 4 is 39.5 Å². The lowest BCUT2D eigenvalue weighted by molar-refractivity contribution is -0.161. The van der Waals surface area contributed by atoms with Crippen LogP contribution in [0.2, 0.25) is 0 Å². The van der Waals surface area contributed by atoms with Crippen molar-refractivity contribution in [2.45, 2.75) is 395 Å². The van der Waals surface area contributed by atoms with E-state index in [0.29, 0.717) is 31.6 Å². The predicted molar refractivity (Wildman–Crippen MR) is 381 cm³/mol. The minimum absolute atomic E-state index is 0.106. The second-order valence-electron chi connectivity index (χ2n) is 28.7. The van der Waals surface area contributed by atoms with E-state index in [1.165, 1.54) is 167 Å². The zero-order valence-electron chi connectivity index (χ0n) is 61.6. The summed E-state index contributed by atoms with van der Waals surface area (Å²) in [6.07, 6.45) is 48.8. The normalized spacial score (nSPS) is 14.4. The van der Waals surface area contributed by atoms with E-state index in [1.54, 1.807) is 0 Å². The molecule has 0 saturated heterocycles. The number of phosphoric acid groups is 2. The molecule has 0 rings (SSSR count). The zero-order valence-corrected chi connectivity index (χ0v) is 63.4. The summed E-state index contributed by atoms with van der Waals surface area (Å²) in [5.74, 6) is 0.881. The minimum atomic E-state index is -4.95. The second-order valence-corrected chi connectivity index (χ2v) is 31.6. The summed E-state index contributed by atoms with van der Waals surface area (Å²) >= 11 is 0. The van der Waals surface area contributed by atoms with Crippen molar-refractivity contribution in [3.63, 3.8) is 0 Å². The van der Waals surface area contributed by atoms with Crippen molar-refractivity contribution < 1.29 is 80.2 Å². The van der Waals surface area contributed by atoms with E-state index in [4.69, 9.17) is 37.0 Å². The smallest absolute Gasteiger partial charge is 0.462 e. The quantitative estimate of drug-likeness (QED) is 0.0222. The fraction of sp³-hybridized carbons (Fsp3) is 0.947. The van der Waals surface area contributed by atoms with Crippen LogP contribution < -0.4 is 0 Å². The number of aliphatic hydroxyl groups is 1. The van der Waals surface area contributed by atoms with Crippen LogP contribution in [0.15, 0.2) is 0 Å². The summed E-state index contributed by atoms with van der Waals surface area (Å²) in [5, 5.41) is 10.6. The van der Waals surface area contributed by atoms with Gasteiger partial charge in [-0.2, -0.15) is 0 Å². The molecule has 0 radical (unpaired) electrons. The Labute approximate surface area is 575 Å². The van der Waals surface area contributed by atoms with E-state index < -0.39 is 97.5 Å². The molecule has 19 heteroatoms. The van der Waals surface area contributed by atoms with E-state index in [0.717, 1.165) is 120 Å². The van der Waals surface area contributed by atoms with Crippen LogP contribution in [0.1, 0.15) is 376 Å². The van der Waals surface area contributed by atoms with E-state index in [1.807, 2.05) is 0 Å². The molecule has 0 aromatic heterocycles. The third-order valence-corrected chi connectivity index (χ3v) is 19.6. The maximum absolute atomic E-state index is 13.0. The number of rotatable bonds is 72. The number of phosphoric ester groups is 2. The van der Waals surface area contributed by atoms with Gasteiger partial charge in [0.25, 0.3) is 0 Å². The van der Waals surface area contributed by atoms with Gasteiger partial charge in [-0.05, 0) is 49.4 Å². The SMILES string of the molecule is CCC(C)CCCCCCCCC(=O)OC[C@H](COP(=O)(O)OC[C@H](O)COP(=O)(O)OC[C@@H](COC(=O)CCCCCCCCC(C)C)OC(=O)CCCCCCCCCCCCCCCCCCC(C)C)OC(=O)CCCCCCCCCCCCCCCC(C)C. The van der Waals surface area contributed by atoms with Gasteiger partial charge in [0.1, 0.15) is 19.3 Å². The van der Waals surface area contributed by atoms with Crippen LogP contribution in [-0.4, -0.2) is 96.7 Å². The van der Waals surface area contributed by atoms with E-state index in [-0.39, 0.29) is 25.7 Å².